The SMILES string of the molecule is O=C1c2c(O)cc(O)cc2O[C@@H](c2ccc(O)cc2)[C@@H]1c1c(O)cc(O)c2c1O[C@H](c1ccc(O)cc1)[C@@H](O)C2. The summed E-state index contributed by atoms with van der Waals surface area (Å²) in [7, 11) is 0. The molecule has 2 aliphatic rings. The topological polar surface area (TPSA) is 177 Å². The fourth-order valence-electron chi connectivity index (χ4n) is 5.43. The lowest BCUT2D eigenvalue weighted by atomic mass is 9.78. The van der Waals surface area contributed by atoms with Crippen molar-refractivity contribution in [1.82, 2.24) is 0 Å². The van der Waals surface area contributed by atoms with Crippen LogP contribution >= 0.6 is 0 Å². The molecule has 7 N–H and O–H groups in total. The average molecular weight is 545 g/mol. The van der Waals surface area contributed by atoms with Gasteiger partial charge >= 0.3 is 0 Å². The molecular weight excluding hydrogens is 520 g/mol. The Morgan fingerprint density at radius 1 is 0.650 bits per heavy atom. The molecule has 0 aliphatic carbocycles. The molecule has 0 unspecified atom stereocenters. The largest absolute Gasteiger partial charge is 0.508 e. The van der Waals surface area contributed by atoms with E-state index in [2.05, 4.69) is 0 Å². The van der Waals surface area contributed by atoms with Crippen molar-refractivity contribution >= 4 is 5.78 Å². The maximum absolute atomic E-state index is 14.1. The number of fused-ring (bicyclic) bond motifs is 2. The highest BCUT2D eigenvalue weighted by atomic mass is 16.5. The van der Waals surface area contributed by atoms with Crippen molar-refractivity contribution in [2.24, 2.45) is 0 Å². The number of carbonyl (C=O) groups excluding carboxylic acids is 1. The number of ether oxygens (including phenoxy) is 2. The summed E-state index contributed by atoms with van der Waals surface area (Å²) < 4.78 is 12.4. The zero-order chi connectivity index (χ0) is 28.3. The third kappa shape index (κ3) is 4.05. The van der Waals surface area contributed by atoms with Gasteiger partial charge in [-0.1, -0.05) is 24.3 Å². The van der Waals surface area contributed by atoms with E-state index in [9.17, 15) is 40.5 Å². The number of phenolic OH excluding ortho intramolecular Hbond substituents is 6. The van der Waals surface area contributed by atoms with Crippen LogP contribution in [0.3, 0.4) is 0 Å². The first kappa shape index (κ1) is 25.2. The summed E-state index contributed by atoms with van der Waals surface area (Å²) in [6.45, 7) is 0. The fraction of sp³-hybridized carbons (Fsp3) is 0.167. The molecule has 4 aromatic carbocycles. The number of ketones is 1. The van der Waals surface area contributed by atoms with Crippen molar-refractivity contribution in [2.75, 3.05) is 0 Å². The van der Waals surface area contributed by atoms with Gasteiger partial charge in [0.05, 0.1) is 17.6 Å². The fourth-order valence-corrected chi connectivity index (χ4v) is 5.43. The molecule has 0 bridgehead atoms. The average Bonchev–Trinajstić information content (AvgIpc) is 2.90. The van der Waals surface area contributed by atoms with E-state index >= 15 is 0 Å². The Hall–Kier alpha value is -5.09. The Morgan fingerprint density at radius 3 is 1.88 bits per heavy atom. The lowest BCUT2D eigenvalue weighted by molar-refractivity contribution is 0.0179. The van der Waals surface area contributed by atoms with Gasteiger partial charge in [0, 0.05) is 30.2 Å². The van der Waals surface area contributed by atoms with E-state index in [-0.39, 0.29) is 57.6 Å². The Kier molecular flexibility index (Phi) is 5.85. The number of aliphatic hydroxyl groups excluding tert-OH is 1. The van der Waals surface area contributed by atoms with Crippen LogP contribution in [0.4, 0.5) is 0 Å². The first-order valence-electron chi connectivity index (χ1n) is 12.4. The summed E-state index contributed by atoms with van der Waals surface area (Å²) in [5, 5.41) is 72.9. The predicted molar refractivity (Wildman–Crippen MR) is 139 cm³/mol. The van der Waals surface area contributed by atoms with Gasteiger partial charge in [-0.2, -0.15) is 0 Å². The molecule has 0 saturated carbocycles. The molecule has 4 atom stereocenters. The van der Waals surface area contributed by atoms with Crippen LogP contribution in [0.25, 0.3) is 0 Å². The number of hydrogen-bond acceptors (Lipinski definition) is 10. The molecule has 40 heavy (non-hydrogen) atoms. The molecular formula is C30H24O10. The van der Waals surface area contributed by atoms with Crippen molar-refractivity contribution in [3.05, 3.63) is 94.5 Å². The summed E-state index contributed by atoms with van der Waals surface area (Å²) >= 11 is 0. The smallest absolute Gasteiger partial charge is 0.182 e. The van der Waals surface area contributed by atoms with Gasteiger partial charge in [0.25, 0.3) is 0 Å². The van der Waals surface area contributed by atoms with Crippen LogP contribution in [0.5, 0.6) is 46.0 Å². The summed E-state index contributed by atoms with van der Waals surface area (Å²) in [6, 6.07) is 15.1. The molecule has 2 aliphatic heterocycles. The van der Waals surface area contributed by atoms with Crippen LogP contribution in [0.2, 0.25) is 0 Å². The maximum atomic E-state index is 14.1. The van der Waals surface area contributed by atoms with Crippen LogP contribution < -0.4 is 9.47 Å². The zero-order valence-electron chi connectivity index (χ0n) is 20.7. The molecule has 0 saturated heterocycles. The minimum Gasteiger partial charge on any atom is -0.508 e. The lowest BCUT2D eigenvalue weighted by Crippen LogP contribution is -2.34. The van der Waals surface area contributed by atoms with E-state index in [1.807, 2.05) is 0 Å². The Morgan fingerprint density at radius 2 is 1.25 bits per heavy atom. The highest BCUT2D eigenvalue weighted by Crippen LogP contribution is 2.55. The van der Waals surface area contributed by atoms with Gasteiger partial charge in [0.15, 0.2) is 5.78 Å². The van der Waals surface area contributed by atoms with Crippen LogP contribution in [-0.4, -0.2) is 47.6 Å². The first-order valence-corrected chi connectivity index (χ1v) is 12.4. The number of Topliss-reactive ketones (excluding diaryl/α,β-unsaturated/α-hetero) is 1. The number of rotatable bonds is 3. The lowest BCUT2D eigenvalue weighted by Gasteiger charge is -2.37. The summed E-state index contributed by atoms with van der Waals surface area (Å²) in [5.41, 5.74) is 0.837. The molecule has 0 amide bonds. The Bertz CT molecular complexity index is 1630. The summed E-state index contributed by atoms with van der Waals surface area (Å²) in [4.78, 5) is 14.1. The molecule has 6 rings (SSSR count). The van der Waals surface area contributed by atoms with Gasteiger partial charge in [-0.15, -0.1) is 0 Å². The summed E-state index contributed by atoms with van der Waals surface area (Å²) in [6.07, 6.45) is -3.29. The molecule has 2 heterocycles. The predicted octanol–water partition coefficient (Wildman–Crippen LogP) is 4.06. The van der Waals surface area contributed by atoms with Crippen LogP contribution in [-0.2, 0) is 6.42 Å². The molecule has 10 heteroatoms. The number of hydrogen-bond donors (Lipinski definition) is 7. The van der Waals surface area contributed by atoms with Crippen molar-refractivity contribution in [3.8, 4) is 46.0 Å². The maximum Gasteiger partial charge on any atom is 0.182 e. The second-order valence-electron chi connectivity index (χ2n) is 9.85. The van der Waals surface area contributed by atoms with E-state index < -0.39 is 41.5 Å². The van der Waals surface area contributed by atoms with Crippen LogP contribution in [0, 0.1) is 0 Å². The summed E-state index contributed by atoms with van der Waals surface area (Å²) in [5.74, 6) is -3.80. The number of aromatic hydroxyl groups is 6. The van der Waals surface area contributed by atoms with Gasteiger partial charge in [0.1, 0.15) is 63.8 Å². The van der Waals surface area contributed by atoms with Crippen LogP contribution in [0.15, 0.2) is 66.7 Å². The van der Waals surface area contributed by atoms with Gasteiger partial charge in [-0.25, -0.2) is 0 Å². The van der Waals surface area contributed by atoms with Gasteiger partial charge in [-0.05, 0) is 35.4 Å². The highest BCUT2D eigenvalue weighted by molar-refractivity contribution is 6.07. The molecule has 4 aromatic rings. The molecule has 0 aromatic heterocycles. The van der Waals surface area contributed by atoms with E-state index in [1.165, 1.54) is 42.5 Å². The number of aliphatic hydroxyl groups is 1. The van der Waals surface area contributed by atoms with Crippen molar-refractivity contribution < 1.29 is 50.0 Å². The third-order valence-electron chi connectivity index (χ3n) is 7.29. The second kappa shape index (κ2) is 9.28. The number of phenols is 6. The quantitative estimate of drug-likeness (QED) is 0.199. The number of benzene rings is 4. The Labute approximate surface area is 227 Å². The first-order chi connectivity index (χ1) is 19.1. The van der Waals surface area contributed by atoms with Gasteiger partial charge in [0.2, 0.25) is 0 Å². The van der Waals surface area contributed by atoms with Gasteiger partial charge < -0.3 is 45.2 Å². The zero-order valence-corrected chi connectivity index (χ0v) is 20.7. The number of carbonyl (C=O) groups is 1. The standard InChI is InChI=1S/C30H24O10/c31-15-5-1-13(2-6-15)28-22(37)11-18-19(34)12-21(36)25(30(18)40-28)26-27(38)24-20(35)9-17(33)10-23(24)39-29(26)14-3-7-16(32)8-4-14/h1-10,12,22,26,28-29,31-37H,11H2/t22-,26+,28+,29-/m0/s1. The molecule has 0 radical (unpaired) electrons. The minimum atomic E-state index is -1.32. The third-order valence-corrected chi connectivity index (χ3v) is 7.29. The minimum absolute atomic E-state index is 0.0108. The highest BCUT2D eigenvalue weighted by Gasteiger charge is 2.46. The second-order valence-corrected chi connectivity index (χ2v) is 9.85. The van der Waals surface area contributed by atoms with E-state index in [1.54, 1.807) is 12.1 Å². The van der Waals surface area contributed by atoms with Crippen molar-refractivity contribution in [3.63, 3.8) is 0 Å². The molecule has 0 fully saturated rings. The normalized spacial score (nSPS) is 21.6. The van der Waals surface area contributed by atoms with E-state index in [0.29, 0.717) is 11.1 Å². The molecule has 10 nitrogen and oxygen atoms in total. The molecule has 204 valence electrons. The monoisotopic (exact) mass is 544 g/mol. The van der Waals surface area contributed by atoms with E-state index in [0.717, 1.165) is 12.1 Å². The van der Waals surface area contributed by atoms with Crippen molar-refractivity contribution in [1.29, 1.82) is 0 Å². The van der Waals surface area contributed by atoms with Crippen LogP contribution in [0.1, 0.15) is 50.7 Å². The van der Waals surface area contributed by atoms with Crippen molar-refractivity contribution in [2.45, 2.75) is 30.7 Å². The molecule has 0 spiro atoms. The Balaban J connectivity index is 1.56. The van der Waals surface area contributed by atoms with Gasteiger partial charge in [-0.3, -0.25) is 4.79 Å². The van der Waals surface area contributed by atoms with E-state index in [4.69, 9.17) is 9.47 Å².